The van der Waals surface area contributed by atoms with E-state index < -0.39 is 41.6 Å². The van der Waals surface area contributed by atoms with Crippen LogP contribution in [0.2, 0.25) is 0 Å². The molecule has 11 heteroatoms. The van der Waals surface area contributed by atoms with E-state index in [1.54, 1.807) is 18.2 Å². The van der Waals surface area contributed by atoms with Crippen molar-refractivity contribution in [1.82, 2.24) is 9.88 Å². The molecule has 2 aromatic carbocycles. The number of hydrogen-bond acceptors (Lipinski definition) is 6. The van der Waals surface area contributed by atoms with Gasteiger partial charge < -0.3 is 19.8 Å². The Balaban J connectivity index is 1.38. The first kappa shape index (κ1) is 29.1. The van der Waals surface area contributed by atoms with Crippen molar-refractivity contribution < 1.29 is 37.3 Å². The topological polar surface area (TPSA) is 82.9 Å². The van der Waals surface area contributed by atoms with Gasteiger partial charge in [0.2, 0.25) is 0 Å². The predicted octanol–water partition coefficient (Wildman–Crippen LogP) is 5.90. The lowest BCUT2D eigenvalue weighted by Crippen LogP contribution is -2.45. The molecule has 0 amide bonds. The SMILES string of the molecule is COc1ccc2ncc(CF)c(C(O)CCC3(C(=O)O)CCN(CCSc4cc(F)c(F)c(F)c4)CC3)c2c1. The number of aromatic nitrogens is 1. The fourth-order valence-electron chi connectivity index (χ4n) is 5.10. The van der Waals surface area contributed by atoms with Crippen LogP contribution in [0.5, 0.6) is 5.75 Å². The van der Waals surface area contributed by atoms with Crippen LogP contribution >= 0.6 is 11.8 Å². The van der Waals surface area contributed by atoms with Crippen molar-refractivity contribution in [2.24, 2.45) is 5.41 Å². The molecule has 0 saturated carbocycles. The number of aliphatic hydroxyl groups excluding tert-OH is 1. The molecule has 2 N–H and O–H groups in total. The van der Waals surface area contributed by atoms with Crippen molar-refractivity contribution in [2.45, 2.75) is 43.4 Å². The molecule has 0 radical (unpaired) electrons. The number of hydrogen-bond donors (Lipinski definition) is 2. The van der Waals surface area contributed by atoms with E-state index in [1.165, 1.54) is 25.1 Å². The monoisotopic (exact) mass is 566 g/mol. The van der Waals surface area contributed by atoms with E-state index in [4.69, 9.17) is 4.74 Å². The second kappa shape index (κ2) is 12.5. The van der Waals surface area contributed by atoms with Crippen molar-refractivity contribution in [2.75, 3.05) is 32.5 Å². The predicted molar refractivity (Wildman–Crippen MR) is 140 cm³/mol. The van der Waals surface area contributed by atoms with Gasteiger partial charge in [0.25, 0.3) is 0 Å². The van der Waals surface area contributed by atoms with Crippen molar-refractivity contribution in [3.05, 3.63) is 65.1 Å². The number of benzene rings is 2. The third-order valence-electron chi connectivity index (χ3n) is 7.47. The molecule has 210 valence electrons. The van der Waals surface area contributed by atoms with Crippen LogP contribution in [0, 0.1) is 22.9 Å². The first-order valence-electron chi connectivity index (χ1n) is 12.6. The first-order valence-corrected chi connectivity index (χ1v) is 13.6. The van der Waals surface area contributed by atoms with Crippen molar-refractivity contribution >= 4 is 28.6 Å². The zero-order chi connectivity index (χ0) is 28.2. The van der Waals surface area contributed by atoms with E-state index in [2.05, 4.69) is 9.88 Å². The van der Waals surface area contributed by atoms with E-state index >= 15 is 0 Å². The molecule has 0 aliphatic carbocycles. The second-order valence-electron chi connectivity index (χ2n) is 9.74. The number of likely N-dealkylation sites (tertiary alicyclic amines) is 1. The molecule has 1 fully saturated rings. The minimum Gasteiger partial charge on any atom is -0.497 e. The largest absolute Gasteiger partial charge is 0.497 e. The van der Waals surface area contributed by atoms with Gasteiger partial charge >= 0.3 is 5.97 Å². The molecule has 2 heterocycles. The maximum Gasteiger partial charge on any atom is 0.309 e. The average molecular weight is 567 g/mol. The highest BCUT2D eigenvalue weighted by Gasteiger charge is 2.41. The average Bonchev–Trinajstić information content (AvgIpc) is 2.94. The minimum absolute atomic E-state index is 0.132. The van der Waals surface area contributed by atoms with Crippen LogP contribution in [0.3, 0.4) is 0 Å². The normalized spacial score (nSPS) is 16.4. The zero-order valence-corrected chi connectivity index (χ0v) is 22.2. The van der Waals surface area contributed by atoms with Gasteiger partial charge in [0.1, 0.15) is 12.4 Å². The summed E-state index contributed by atoms with van der Waals surface area (Å²) in [6, 6.07) is 7.05. The lowest BCUT2D eigenvalue weighted by Gasteiger charge is -2.39. The number of aliphatic carboxylic acids is 1. The van der Waals surface area contributed by atoms with Crippen LogP contribution in [-0.2, 0) is 11.5 Å². The molecule has 6 nitrogen and oxygen atoms in total. The van der Waals surface area contributed by atoms with Gasteiger partial charge in [-0.25, -0.2) is 17.6 Å². The molecular weight excluding hydrogens is 536 g/mol. The molecule has 4 rings (SSSR count). The molecule has 39 heavy (non-hydrogen) atoms. The molecule has 1 atom stereocenters. The second-order valence-corrected chi connectivity index (χ2v) is 10.9. The third kappa shape index (κ3) is 6.47. The summed E-state index contributed by atoms with van der Waals surface area (Å²) in [6.07, 6.45) is 1.37. The molecule has 1 saturated heterocycles. The standard InChI is InChI=1S/C28H30F4N2O4S/c1-38-18-2-3-23-20(12-18)25(17(15-29)16-33-23)24(35)4-5-28(27(36)37)6-8-34(9-7-28)10-11-39-19-13-21(30)26(32)22(31)14-19/h2-3,12-14,16,24,35H,4-11,15H2,1H3,(H,36,37). The Morgan fingerprint density at radius 1 is 1.18 bits per heavy atom. The quantitative estimate of drug-likeness (QED) is 0.170. The van der Waals surface area contributed by atoms with Crippen molar-refractivity contribution in [1.29, 1.82) is 0 Å². The Bertz CT molecular complexity index is 1310. The molecule has 1 aliphatic heterocycles. The molecular formula is C28H30F4N2O4S. The van der Waals surface area contributed by atoms with Gasteiger partial charge in [-0.3, -0.25) is 9.78 Å². The zero-order valence-electron chi connectivity index (χ0n) is 21.4. The maximum absolute atomic E-state index is 13.8. The van der Waals surface area contributed by atoms with E-state index in [9.17, 15) is 32.6 Å². The Morgan fingerprint density at radius 3 is 2.49 bits per heavy atom. The highest BCUT2D eigenvalue weighted by molar-refractivity contribution is 7.99. The summed E-state index contributed by atoms with van der Waals surface area (Å²) < 4.78 is 59.1. The summed E-state index contributed by atoms with van der Waals surface area (Å²) in [5.74, 6) is -3.87. The van der Waals surface area contributed by atoms with Crippen molar-refractivity contribution in [3.8, 4) is 5.75 Å². The molecule has 1 unspecified atom stereocenters. The molecule has 3 aromatic rings. The number of carboxylic acids is 1. The number of halogens is 4. The number of methoxy groups -OCH3 is 1. The van der Waals surface area contributed by atoms with Crippen LogP contribution in [0.1, 0.15) is 42.9 Å². The van der Waals surface area contributed by atoms with Crippen LogP contribution < -0.4 is 4.74 Å². The van der Waals surface area contributed by atoms with E-state index in [0.717, 1.165) is 12.1 Å². The van der Waals surface area contributed by atoms with Crippen LogP contribution in [-0.4, -0.2) is 58.6 Å². The number of thioether (sulfide) groups is 1. The Kier molecular flexibility index (Phi) is 9.35. The number of aliphatic hydroxyl groups is 1. The minimum atomic E-state index is -1.50. The van der Waals surface area contributed by atoms with Gasteiger partial charge in [0.05, 0.1) is 24.1 Å². The summed E-state index contributed by atoms with van der Waals surface area (Å²) in [5.41, 5.74) is 0.183. The van der Waals surface area contributed by atoms with E-state index in [0.29, 0.717) is 60.4 Å². The van der Waals surface area contributed by atoms with Gasteiger partial charge in [-0.15, -0.1) is 11.8 Å². The molecule has 1 aliphatic rings. The summed E-state index contributed by atoms with van der Waals surface area (Å²) in [6.45, 7) is 0.746. The highest BCUT2D eigenvalue weighted by Crippen LogP contribution is 2.40. The Morgan fingerprint density at radius 2 is 1.87 bits per heavy atom. The molecule has 0 spiro atoms. The van der Waals surface area contributed by atoms with Crippen molar-refractivity contribution in [3.63, 3.8) is 0 Å². The summed E-state index contributed by atoms with van der Waals surface area (Å²) in [7, 11) is 1.51. The van der Waals surface area contributed by atoms with Gasteiger partial charge in [-0.05, 0) is 74.7 Å². The number of fused-ring (bicyclic) bond motifs is 1. The number of ether oxygens (including phenoxy) is 1. The smallest absolute Gasteiger partial charge is 0.309 e. The van der Waals surface area contributed by atoms with Crippen LogP contribution in [0.15, 0.2) is 41.4 Å². The highest BCUT2D eigenvalue weighted by atomic mass is 32.2. The van der Waals surface area contributed by atoms with Crippen LogP contribution in [0.4, 0.5) is 17.6 Å². The fraction of sp³-hybridized carbons (Fsp3) is 0.429. The van der Waals surface area contributed by atoms with Gasteiger partial charge in [-0.2, -0.15) is 0 Å². The number of piperidine rings is 1. The number of pyridine rings is 1. The number of nitrogens with zero attached hydrogens (tertiary/aromatic N) is 2. The van der Waals surface area contributed by atoms with Gasteiger partial charge in [0, 0.05) is 34.3 Å². The third-order valence-corrected chi connectivity index (χ3v) is 8.43. The number of alkyl halides is 1. The van der Waals surface area contributed by atoms with Crippen LogP contribution in [0.25, 0.3) is 10.9 Å². The summed E-state index contributed by atoms with van der Waals surface area (Å²) >= 11 is 1.19. The summed E-state index contributed by atoms with van der Waals surface area (Å²) in [5, 5.41) is 21.8. The lowest BCUT2D eigenvalue weighted by atomic mass is 9.74. The number of carboxylic acid groups (broad SMARTS) is 1. The van der Waals surface area contributed by atoms with Gasteiger partial charge in [0.15, 0.2) is 17.5 Å². The van der Waals surface area contributed by atoms with E-state index in [1.807, 2.05) is 0 Å². The number of carbonyl (C=O) groups is 1. The van der Waals surface area contributed by atoms with Gasteiger partial charge in [-0.1, -0.05) is 0 Å². The van der Waals surface area contributed by atoms with E-state index in [-0.39, 0.29) is 23.3 Å². The Labute approximate surface area is 228 Å². The maximum atomic E-state index is 13.8. The summed E-state index contributed by atoms with van der Waals surface area (Å²) in [4.78, 5) is 19.0. The number of rotatable bonds is 11. The molecule has 1 aromatic heterocycles. The Hall–Kier alpha value is -2.89. The molecule has 0 bridgehead atoms. The fourth-order valence-corrected chi connectivity index (χ4v) is 6.06. The lowest BCUT2D eigenvalue weighted by molar-refractivity contribution is -0.153. The first-order chi connectivity index (χ1) is 18.7.